The lowest BCUT2D eigenvalue weighted by atomic mass is 10.1. The summed E-state index contributed by atoms with van der Waals surface area (Å²) in [7, 11) is 0. The molecule has 14 heavy (non-hydrogen) atoms. The topological polar surface area (TPSA) is 58.4 Å². The Labute approximate surface area is 81.9 Å². The van der Waals surface area contributed by atoms with Crippen molar-refractivity contribution in [1.29, 1.82) is 0 Å². The molecule has 2 rings (SSSR count). The second kappa shape index (κ2) is 3.01. The van der Waals surface area contributed by atoms with Gasteiger partial charge in [-0.1, -0.05) is 0 Å². The number of hydrogen-bond donors (Lipinski definition) is 1. The molecular weight excluding hydrogens is 182 g/mol. The fourth-order valence-electron chi connectivity index (χ4n) is 1.95. The van der Waals surface area contributed by atoms with Crippen LogP contribution >= 0.6 is 0 Å². The van der Waals surface area contributed by atoms with Crippen LogP contribution in [0.3, 0.4) is 0 Å². The Morgan fingerprint density at radius 2 is 2.36 bits per heavy atom. The third-order valence-electron chi connectivity index (χ3n) is 2.72. The van der Waals surface area contributed by atoms with E-state index in [-0.39, 0.29) is 12.1 Å². The van der Waals surface area contributed by atoms with Gasteiger partial charge in [0.15, 0.2) is 0 Å². The summed E-state index contributed by atoms with van der Waals surface area (Å²) in [6.07, 6.45) is 0.852. The first-order chi connectivity index (χ1) is 6.61. The van der Waals surface area contributed by atoms with E-state index in [1.165, 1.54) is 4.90 Å². The summed E-state index contributed by atoms with van der Waals surface area (Å²) < 4.78 is 1.89. The van der Waals surface area contributed by atoms with Crippen molar-refractivity contribution >= 4 is 6.09 Å². The van der Waals surface area contributed by atoms with Crippen LogP contribution < -0.4 is 0 Å². The number of fused-ring (bicyclic) bond motifs is 1. The summed E-state index contributed by atoms with van der Waals surface area (Å²) in [5.41, 5.74) is 0.964. The Balaban J connectivity index is 2.39. The van der Waals surface area contributed by atoms with Gasteiger partial charge in [0, 0.05) is 12.7 Å². The molecule has 0 saturated carbocycles. The zero-order chi connectivity index (χ0) is 10.3. The van der Waals surface area contributed by atoms with Gasteiger partial charge >= 0.3 is 6.09 Å². The number of nitrogens with zero attached hydrogens (tertiary/aromatic N) is 3. The minimum Gasteiger partial charge on any atom is -0.465 e. The standard InChI is InChI=1S/C9H13N3O2/c1-6-5-11(9(13)14)7(2)8-3-4-10-12(6)8/h3-4,6-7H,5H2,1-2H3,(H,13,14). The molecule has 2 heterocycles. The van der Waals surface area contributed by atoms with Crippen molar-refractivity contribution in [1.82, 2.24) is 14.7 Å². The summed E-state index contributed by atoms with van der Waals surface area (Å²) >= 11 is 0. The van der Waals surface area contributed by atoms with Crippen LogP contribution in [0.1, 0.15) is 31.6 Å². The lowest BCUT2D eigenvalue weighted by Crippen LogP contribution is -2.42. The van der Waals surface area contributed by atoms with E-state index in [4.69, 9.17) is 5.11 Å². The normalized spacial score (nSPS) is 26.0. The molecule has 5 nitrogen and oxygen atoms in total. The van der Waals surface area contributed by atoms with Crippen molar-refractivity contribution in [2.24, 2.45) is 0 Å². The number of aromatic nitrogens is 2. The summed E-state index contributed by atoms with van der Waals surface area (Å²) in [4.78, 5) is 12.4. The van der Waals surface area contributed by atoms with Gasteiger partial charge in [-0.15, -0.1) is 0 Å². The van der Waals surface area contributed by atoms with Crippen LogP contribution in [0.5, 0.6) is 0 Å². The maximum atomic E-state index is 10.9. The quantitative estimate of drug-likeness (QED) is 0.682. The van der Waals surface area contributed by atoms with E-state index in [1.54, 1.807) is 6.20 Å². The third kappa shape index (κ3) is 1.16. The van der Waals surface area contributed by atoms with Crippen LogP contribution in [0.25, 0.3) is 0 Å². The maximum Gasteiger partial charge on any atom is 0.407 e. The van der Waals surface area contributed by atoms with Crippen LogP contribution in [-0.4, -0.2) is 32.4 Å². The van der Waals surface area contributed by atoms with Crippen LogP contribution in [0.2, 0.25) is 0 Å². The molecule has 0 aliphatic carbocycles. The van der Waals surface area contributed by atoms with Gasteiger partial charge < -0.3 is 5.11 Å². The summed E-state index contributed by atoms with van der Waals surface area (Å²) in [5, 5.41) is 13.2. The zero-order valence-electron chi connectivity index (χ0n) is 8.21. The summed E-state index contributed by atoms with van der Waals surface area (Å²) in [5.74, 6) is 0. The molecule has 1 amide bonds. The van der Waals surface area contributed by atoms with Gasteiger partial charge in [0.25, 0.3) is 0 Å². The highest BCUT2D eigenvalue weighted by Gasteiger charge is 2.31. The highest BCUT2D eigenvalue weighted by atomic mass is 16.4. The Kier molecular flexibility index (Phi) is 1.94. The summed E-state index contributed by atoms with van der Waals surface area (Å²) in [6, 6.07) is 1.88. The van der Waals surface area contributed by atoms with Gasteiger partial charge in [-0.25, -0.2) is 4.79 Å². The van der Waals surface area contributed by atoms with E-state index in [0.29, 0.717) is 6.54 Å². The molecule has 0 bridgehead atoms. The molecule has 0 radical (unpaired) electrons. The number of rotatable bonds is 0. The molecule has 1 N–H and O–H groups in total. The molecule has 5 heteroatoms. The Hall–Kier alpha value is -1.52. The van der Waals surface area contributed by atoms with E-state index >= 15 is 0 Å². The molecule has 0 fully saturated rings. The van der Waals surface area contributed by atoms with Gasteiger partial charge in [0.2, 0.25) is 0 Å². The number of amides is 1. The molecule has 1 aliphatic rings. The minimum atomic E-state index is -0.864. The van der Waals surface area contributed by atoms with Crippen LogP contribution in [0.15, 0.2) is 12.3 Å². The molecule has 0 saturated heterocycles. The first-order valence-corrected chi connectivity index (χ1v) is 4.64. The molecule has 0 spiro atoms. The Bertz CT molecular complexity index is 361. The molecule has 2 unspecified atom stereocenters. The molecular formula is C9H13N3O2. The van der Waals surface area contributed by atoms with Crippen molar-refractivity contribution in [2.45, 2.75) is 25.9 Å². The second-order valence-corrected chi connectivity index (χ2v) is 3.66. The molecule has 1 aromatic rings. The molecule has 1 aromatic heterocycles. The van der Waals surface area contributed by atoms with Crippen LogP contribution in [0, 0.1) is 0 Å². The van der Waals surface area contributed by atoms with E-state index in [0.717, 1.165) is 5.69 Å². The van der Waals surface area contributed by atoms with E-state index < -0.39 is 6.09 Å². The monoisotopic (exact) mass is 195 g/mol. The largest absolute Gasteiger partial charge is 0.465 e. The molecule has 0 aromatic carbocycles. The molecule has 76 valence electrons. The average Bonchev–Trinajstić information content (AvgIpc) is 2.59. The van der Waals surface area contributed by atoms with Crippen molar-refractivity contribution in [3.05, 3.63) is 18.0 Å². The van der Waals surface area contributed by atoms with Crippen molar-refractivity contribution in [2.75, 3.05) is 6.54 Å². The lowest BCUT2D eigenvalue weighted by molar-refractivity contribution is 0.102. The zero-order valence-corrected chi connectivity index (χ0v) is 8.21. The van der Waals surface area contributed by atoms with Crippen molar-refractivity contribution in [3.8, 4) is 0 Å². The van der Waals surface area contributed by atoms with E-state index in [1.807, 2.05) is 24.6 Å². The summed E-state index contributed by atoms with van der Waals surface area (Å²) in [6.45, 7) is 4.36. The number of carboxylic acid groups (broad SMARTS) is 1. The minimum absolute atomic E-state index is 0.105. The van der Waals surface area contributed by atoms with Crippen LogP contribution in [-0.2, 0) is 0 Å². The van der Waals surface area contributed by atoms with Crippen molar-refractivity contribution < 1.29 is 9.90 Å². The van der Waals surface area contributed by atoms with E-state index in [2.05, 4.69) is 5.10 Å². The van der Waals surface area contributed by atoms with Gasteiger partial charge in [0.05, 0.1) is 17.8 Å². The first kappa shape index (κ1) is 9.05. The Morgan fingerprint density at radius 1 is 1.64 bits per heavy atom. The second-order valence-electron chi connectivity index (χ2n) is 3.66. The fourth-order valence-corrected chi connectivity index (χ4v) is 1.95. The lowest BCUT2D eigenvalue weighted by Gasteiger charge is -2.35. The third-order valence-corrected chi connectivity index (χ3v) is 2.72. The molecule has 1 aliphatic heterocycles. The van der Waals surface area contributed by atoms with Crippen LogP contribution in [0.4, 0.5) is 4.79 Å². The highest BCUT2D eigenvalue weighted by molar-refractivity contribution is 5.65. The smallest absolute Gasteiger partial charge is 0.407 e. The number of carbonyl (C=O) groups is 1. The Morgan fingerprint density at radius 3 is 3.00 bits per heavy atom. The maximum absolute atomic E-state index is 10.9. The van der Waals surface area contributed by atoms with Gasteiger partial charge in [-0.2, -0.15) is 5.10 Å². The first-order valence-electron chi connectivity index (χ1n) is 4.64. The van der Waals surface area contributed by atoms with Gasteiger partial charge in [-0.05, 0) is 19.9 Å². The fraction of sp³-hybridized carbons (Fsp3) is 0.556. The SMILES string of the molecule is CC1c2ccnn2C(C)CN1C(=O)O. The highest BCUT2D eigenvalue weighted by Crippen LogP contribution is 2.28. The van der Waals surface area contributed by atoms with Gasteiger partial charge in [-0.3, -0.25) is 9.58 Å². The van der Waals surface area contributed by atoms with E-state index in [9.17, 15) is 4.79 Å². The predicted molar refractivity (Wildman–Crippen MR) is 50.1 cm³/mol. The van der Waals surface area contributed by atoms with Gasteiger partial charge in [0.1, 0.15) is 0 Å². The van der Waals surface area contributed by atoms with Crippen molar-refractivity contribution in [3.63, 3.8) is 0 Å². The predicted octanol–water partition coefficient (Wildman–Crippen LogP) is 1.50. The number of hydrogen-bond acceptors (Lipinski definition) is 2. The average molecular weight is 195 g/mol. The molecule has 2 atom stereocenters.